The molecule has 0 aliphatic rings. The topological polar surface area (TPSA) is 76.1 Å². The Bertz CT molecular complexity index is 307. The van der Waals surface area contributed by atoms with Crippen molar-refractivity contribution in [3.05, 3.63) is 35.4 Å². The van der Waals surface area contributed by atoms with Crippen LogP contribution in [0.4, 0.5) is 0 Å². The summed E-state index contributed by atoms with van der Waals surface area (Å²) in [5, 5.41) is 6.62. The highest BCUT2D eigenvalue weighted by molar-refractivity contribution is 5.27. The van der Waals surface area contributed by atoms with Crippen molar-refractivity contribution < 1.29 is 0 Å². The van der Waals surface area contributed by atoms with Crippen molar-refractivity contribution in [1.29, 1.82) is 0 Å². The highest BCUT2D eigenvalue weighted by atomic mass is 15.0. The van der Waals surface area contributed by atoms with Crippen molar-refractivity contribution in [3.63, 3.8) is 0 Å². The fourth-order valence-electron chi connectivity index (χ4n) is 1.67. The van der Waals surface area contributed by atoms with E-state index in [1.54, 1.807) is 0 Å². The fraction of sp³-hybridized carbons (Fsp3) is 0.571. The zero-order valence-corrected chi connectivity index (χ0v) is 11.4. The van der Waals surface area contributed by atoms with Crippen LogP contribution in [0, 0.1) is 0 Å². The zero-order chi connectivity index (χ0) is 13.4. The van der Waals surface area contributed by atoms with E-state index in [9.17, 15) is 0 Å². The fourth-order valence-corrected chi connectivity index (χ4v) is 1.67. The minimum atomic E-state index is 0.0592. The van der Waals surface area contributed by atoms with Crippen LogP contribution in [0.3, 0.4) is 0 Å². The number of rotatable bonds is 8. The van der Waals surface area contributed by atoms with Crippen molar-refractivity contribution in [2.24, 2.45) is 11.5 Å². The summed E-state index contributed by atoms with van der Waals surface area (Å²) in [6.07, 6.45) is 1.98. The second kappa shape index (κ2) is 8.21. The molecule has 6 N–H and O–H groups in total. The number of nitrogens with one attached hydrogen (secondary N) is 2. The molecule has 1 aromatic carbocycles. The van der Waals surface area contributed by atoms with Gasteiger partial charge in [0.1, 0.15) is 0 Å². The molecule has 2 unspecified atom stereocenters. The van der Waals surface area contributed by atoms with E-state index in [1.807, 2.05) is 0 Å². The quantitative estimate of drug-likeness (QED) is 0.524. The maximum Gasteiger partial charge on any atom is 0.0546 e. The van der Waals surface area contributed by atoms with Crippen molar-refractivity contribution in [1.82, 2.24) is 10.6 Å². The van der Waals surface area contributed by atoms with Gasteiger partial charge in [-0.3, -0.25) is 10.6 Å². The second-order valence-corrected chi connectivity index (χ2v) is 4.56. The number of benzene rings is 1. The monoisotopic (exact) mass is 250 g/mol. The third-order valence-corrected chi connectivity index (χ3v) is 3.11. The lowest BCUT2D eigenvalue weighted by Crippen LogP contribution is -2.37. The van der Waals surface area contributed by atoms with Gasteiger partial charge in [-0.1, -0.05) is 38.1 Å². The molecule has 0 radical (unpaired) electrons. The SMILES string of the molecule is CCC(N)NCc1ccccc1CNC(N)CC. The van der Waals surface area contributed by atoms with Crippen LogP contribution in [0.15, 0.2) is 24.3 Å². The summed E-state index contributed by atoms with van der Waals surface area (Å²) in [4.78, 5) is 0. The summed E-state index contributed by atoms with van der Waals surface area (Å²) >= 11 is 0. The van der Waals surface area contributed by atoms with Gasteiger partial charge in [0.15, 0.2) is 0 Å². The predicted molar refractivity (Wildman–Crippen MR) is 76.7 cm³/mol. The van der Waals surface area contributed by atoms with Crippen LogP contribution in [0.25, 0.3) is 0 Å². The molecular weight excluding hydrogens is 224 g/mol. The first-order chi connectivity index (χ1) is 8.67. The summed E-state index contributed by atoms with van der Waals surface area (Å²) < 4.78 is 0. The van der Waals surface area contributed by atoms with Crippen molar-refractivity contribution >= 4 is 0 Å². The third-order valence-electron chi connectivity index (χ3n) is 3.11. The Morgan fingerprint density at radius 2 is 1.28 bits per heavy atom. The van der Waals surface area contributed by atoms with Crippen molar-refractivity contribution in [2.75, 3.05) is 0 Å². The Labute approximate surface area is 110 Å². The van der Waals surface area contributed by atoms with Gasteiger partial charge in [0.05, 0.1) is 12.3 Å². The Kier molecular flexibility index (Phi) is 6.90. The molecule has 0 aliphatic carbocycles. The number of nitrogens with two attached hydrogens (primary N) is 2. The van der Waals surface area contributed by atoms with E-state index in [4.69, 9.17) is 11.5 Å². The molecule has 1 aromatic rings. The molecule has 2 atom stereocenters. The van der Waals surface area contributed by atoms with E-state index in [0.29, 0.717) is 0 Å². The Morgan fingerprint density at radius 1 is 0.889 bits per heavy atom. The summed E-state index contributed by atoms with van der Waals surface area (Å²) in [6.45, 7) is 5.75. The molecular formula is C14H26N4. The summed E-state index contributed by atoms with van der Waals surface area (Å²) in [6, 6.07) is 8.36. The van der Waals surface area contributed by atoms with Gasteiger partial charge >= 0.3 is 0 Å². The average molecular weight is 250 g/mol. The van der Waals surface area contributed by atoms with Crippen LogP contribution in [0.1, 0.15) is 37.8 Å². The summed E-state index contributed by atoms with van der Waals surface area (Å²) in [7, 11) is 0. The lowest BCUT2D eigenvalue weighted by Gasteiger charge is -2.16. The lowest BCUT2D eigenvalue weighted by atomic mass is 10.1. The molecule has 0 heterocycles. The van der Waals surface area contributed by atoms with Crippen LogP contribution in [-0.4, -0.2) is 12.3 Å². The molecule has 1 rings (SSSR count). The third kappa shape index (κ3) is 5.14. The Balaban J connectivity index is 2.56. The number of hydrogen-bond donors (Lipinski definition) is 4. The molecule has 4 nitrogen and oxygen atoms in total. The molecule has 0 spiro atoms. The largest absolute Gasteiger partial charge is 0.316 e. The van der Waals surface area contributed by atoms with Crippen LogP contribution in [0.5, 0.6) is 0 Å². The first kappa shape index (κ1) is 15.1. The molecule has 4 heteroatoms. The van der Waals surface area contributed by atoms with Gasteiger partial charge in [-0.25, -0.2) is 0 Å². The normalized spacial score (nSPS) is 14.4. The maximum atomic E-state index is 5.87. The Morgan fingerprint density at radius 3 is 1.61 bits per heavy atom. The Hall–Kier alpha value is -0.940. The van der Waals surface area contributed by atoms with E-state index in [1.165, 1.54) is 11.1 Å². The zero-order valence-electron chi connectivity index (χ0n) is 11.4. The van der Waals surface area contributed by atoms with Gasteiger partial charge in [-0.05, 0) is 24.0 Å². The van der Waals surface area contributed by atoms with Gasteiger partial charge in [-0.15, -0.1) is 0 Å². The molecule has 0 aliphatic heterocycles. The van der Waals surface area contributed by atoms with Gasteiger partial charge in [0.25, 0.3) is 0 Å². The smallest absolute Gasteiger partial charge is 0.0546 e. The molecule has 0 aromatic heterocycles. The average Bonchev–Trinajstić information content (AvgIpc) is 2.42. The van der Waals surface area contributed by atoms with E-state index < -0.39 is 0 Å². The number of hydrogen-bond acceptors (Lipinski definition) is 4. The van der Waals surface area contributed by atoms with Crippen molar-refractivity contribution in [2.45, 2.75) is 52.1 Å². The van der Waals surface area contributed by atoms with Gasteiger partial charge in [-0.2, -0.15) is 0 Å². The van der Waals surface area contributed by atoms with Crippen LogP contribution in [0.2, 0.25) is 0 Å². The van der Waals surface area contributed by atoms with E-state index in [-0.39, 0.29) is 12.3 Å². The second-order valence-electron chi connectivity index (χ2n) is 4.56. The summed E-state index contributed by atoms with van der Waals surface area (Å²) in [5.74, 6) is 0. The van der Waals surface area contributed by atoms with E-state index in [2.05, 4.69) is 48.7 Å². The molecule has 0 fully saturated rings. The molecule has 0 saturated carbocycles. The van der Waals surface area contributed by atoms with Crippen molar-refractivity contribution in [3.8, 4) is 0 Å². The highest BCUT2D eigenvalue weighted by Gasteiger charge is 2.05. The highest BCUT2D eigenvalue weighted by Crippen LogP contribution is 2.08. The minimum Gasteiger partial charge on any atom is -0.316 e. The molecule has 0 saturated heterocycles. The van der Waals surface area contributed by atoms with Gasteiger partial charge in [0.2, 0.25) is 0 Å². The van der Waals surface area contributed by atoms with Crippen LogP contribution < -0.4 is 22.1 Å². The maximum absolute atomic E-state index is 5.87. The van der Waals surface area contributed by atoms with Crippen LogP contribution in [-0.2, 0) is 13.1 Å². The van der Waals surface area contributed by atoms with E-state index >= 15 is 0 Å². The standard InChI is InChI=1S/C14H26N4/c1-3-13(15)17-9-11-7-5-6-8-12(11)10-18-14(16)4-2/h5-8,13-14,17-18H,3-4,9-10,15-16H2,1-2H3. The summed E-state index contributed by atoms with van der Waals surface area (Å²) in [5.41, 5.74) is 14.3. The minimum absolute atomic E-state index is 0.0592. The first-order valence-corrected chi connectivity index (χ1v) is 6.72. The van der Waals surface area contributed by atoms with Gasteiger partial charge in [0, 0.05) is 13.1 Å². The first-order valence-electron chi connectivity index (χ1n) is 6.72. The van der Waals surface area contributed by atoms with E-state index in [0.717, 1.165) is 25.9 Å². The molecule has 102 valence electrons. The molecule has 0 bridgehead atoms. The van der Waals surface area contributed by atoms with Gasteiger partial charge < -0.3 is 11.5 Å². The van der Waals surface area contributed by atoms with Crippen LogP contribution >= 0.6 is 0 Å². The predicted octanol–water partition coefficient (Wildman–Crippen LogP) is 1.26. The lowest BCUT2D eigenvalue weighted by molar-refractivity contribution is 0.498. The molecule has 0 amide bonds. The molecule has 18 heavy (non-hydrogen) atoms.